The molecule has 1 aliphatic heterocycles. The van der Waals surface area contributed by atoms with Crippen molar-refractivity contribution in [2.75, 3.05) is 6.54 Å². The van der Waals surface area contributed by atoms with Gasteiger partial charge in [-0.3, -0.25) is 0 Å². The number of rotatable bonds is 4. The molecule has 3 aromatic carbocycles. The van der Waals surface area contributed by atoms with Crippen LogP contribution in [0.2, 0.25) is 0 Å². The number of benzene rings is 3. The van der Waals surface area contributed by atoms with E-state index in [0.717, 1.165) is 15.9 Å². The highest BCUT2D eigenvalue weighted by Crippen LogP contribution is 2.62. The van der Waals surface area contributed by atoms with Gasteiger partial charge in [0.1, 0.15) is 26.1 Å². The molecule has 1 fully saturated rings. The molecule has 1 N–H and O–H groups in total. The average molecular weight is 382 g/mol. The van der Waals surface area contributed by atoms with Crippen LogP contribution < -0.4 is 20.6 Å². The second-order valence-corrected chi connectivity index (χ2v) is 11.2. The van der Waals surface area contributed by atoms with Crippen molar-refractivity contribution in [1.82, 2.24) is 4.72 Å². The Hall–Kier alpha value is -2.04. The lowest BCUT2D eigenvalue weighted by Gasteiger charge is -2.37. The maximum absolute atomic E-state index is 12.1. The lowest BCUT2D eigenvalue weighted by atomic mass is 10.4. The van der Waals surface area contributed by atoms with Crippen LogP contribution in [0.3, 0.4) is 0 Å². The van der Waals surface area contributed by atoms with Gasteiger partial charge in [0, 0.05) is 12.3 Å². The fourth-order valence-electron chi connectivity index (χ4n) is 3.58. The van der Waals surface area contributed by atoms with E-state index in [2.05, 4.69) is 45.8 Å². The minimum atomic E-state index is -3.60. The molecule has 1 unspecified atom stereocenters. The minimum Gasteiger partial charge on any atom is -0.497 e. The largest absolute Gasteiger partial charge is 0.497 e. The first-order chi connectivity index (χ1) is 12.6. The monoisotopic (exact) mass is 382 g/mol. The average Bonchev–Trinajstić information content (AvgIpc) is 3.05. The fourth-order valence-corrected chi connectivity index (χ4v) is 9.69. The number of nitrogens with zero attached hydrogens (tertiary/aromatic N) is 1. The second-order valence-electron chi connectivity index (χ2n) is 6.14. The van der Waals surface area contributed by atoms with Crippen LogP contribution in [0.25, 0.3) is 4.72 Å². The summed E-state index contributed by atoms with van der Waals surface area (Å²) in [5, 5.41) is 3.39. The Bertz CT molecular complexity index is 883. The third kappa shape index (κ3) is 2.97. The van der Waals surface area contributed by atoms with Gasteiger partial charge in [0.2, 0.25) is 0 Å². The summed E-state index contributed by atoms with van der Waals surface area (Å²) in [6, 6.07) is 30.5. The number of hydrogen-bond donors (Lipinski definition) is 1. The highest BCUT2D eigenvalue weighted by Gasteiger charge is 2.50. The van der Waals surface area contributed by atoms with Gasteiger partial charge >= 0.3 is 0 Å². The predicted molar refractivity (Wildman–Crippen MR) is 109 cm³/mol. The molecule has 1 atom stereocenters. The zero-order chi connectivity index (χ0) is 18.0. The van der Waals surface area contributed by atoms with E-state index in [4.69, 9.17) is 0 Å². The number of hydrogen-bond acceptors (Lipinski definition) is 2. The first-order valence-electron chi connectivity index (χ1n) is 8.40. The Morgan fingerprint density at radius 1 is 0.731 bits per heavy atom. The summed E-state index contributed by atoms with van der Waals surface area (Å²) >= 11 is 0. The summed E-state index contributed by atoms with van der Waals surface area (Å²) in [5.74, 6) is -0.361. The summed E-state index contributed by atoms with van der Waals surface area (Å²) in [7, 11) is -5.89. The molecule has 4 rings (SSSR count). The van der Waals surface area contributed by atoms with E-state index >= 15 is 0 Å². The molecular formula is C20H19N2O2PS. The van der Waals surface area contributed by atoms with Crippen molar-refractivity contribution >= 4 is 33.4 Å². The van der Waals surface area contributed by atoms with Crippen LogP contribution in [0.1, 0.15) is 0 Å². The molecule has 1 heterocycles. The molecule has 4 nitrogen and oxygen atoms in total. The first-order valence-corrected chi connectivity index (χ1v) is 11.7. The smallest absolute Gasteiger partial charge is 0.137 e. The Morgan fingerprint density at radius 2 is 1.12 bits per heavy atom. The van der Waals surface area contributed by atoms with E-state index in [-0.39, 0.29) is 5.78 Å². The lowest BCUT2D eigenvalue weighted by molar-refractivity contribution is 0.597. The Morgan fingerprint density at radius 3 is 1.42 bits per heavy atom. The van der Waals surface area contributed by atoms with Crippen molar-refractivity contribution in [3.05, 3.63) is 95.7 Å². The molecule has 0 aliphatic carbocycles. The SMILES string of the molecule is O=S1(=O)[N-]C([P+](c2ccccc2)(c2ccccc2)c2ccccc2)CN1. The molecule has 1 aliphatic rings. The molecule has 0 bridgehead atoms. The fraction of sp³-hybridized carbons (Fsp3) is 0.100. The highest BCUT2D eigenvalue weighted by molar-refractivity contribution is 7.99. The van der Waals surface area contributed by atoms with Crippen LogP contribution in [-0.2, 0) is 10.2 Å². The maximum atomic E-state index is 12.1. The van der Waals surface area contributed by atoms with Gasteiger partial charge in [-0.15, -0.1) is 0 Å². The van der Waals surface area contributed by atoms with E-state index in [9.17, 15) is 8.42 Å². The molecule has 0 saturated carbocycles. The van der Waals surface area contributed by atoms with Gasteiger partial charge in [-0.1, -0.05) is 54.6 Å². The molecular weight excluding hydrogens is 363 g/mol. The Labute approximate surface area is 154 Å². The topological polar surface area (TPSA) is 60.3 Å². The maximum Gasteiger partial charge on any atom is 0.137 e. The van der Waals surface area contributed by atoms with Gasteiger partial charge in [0.15, 0.2) is 0 Å². The van der Waals surface area contributed by atoms with Crippen molar-refractivity contribution < 1.29 is 8.42 Å². The summed E-state index contributed by atoms with van der Waals surface area (Å²) in [4.78, 5) is 0. The van der Waals surface area contributed by atoms with Crippen LogP contribution in [0.15, 0.2) is 91.0 Å². The molecule has 3 aromatic rings. The predicted octanol–water partition coefficient (Wildman–Crippen LogP) is 2.53. The van der Waals surface area contributed by atoms with Crippen LogP contribution in [0.5, 0.6) is 0 Å². The van der Waals surface area contributed by atoms with Crippen LogP contribution in [0.4, 0.5) is 0 Å². The molecule has 0 spiro atoms. The first kappa shape index (κ1) is 17.4. The number of nitrogens with one attached hydrogen (secondary N) is 1. The second kappa shape index (κ2) is 6.93. The van der Waals surface area contributed by atoms with Crippen LogP contribution in [0, 0.1) is 0 Å². The third-order valence-electron chi connectivity index (χ3n) is 4.65. The van der Waals surface area contributed by atoms with Crippen LogP contribution in [-0.4, -0.2) is 20.7 Å². The van der Waals surface area contributed by atoms with Crippen molar-refractivity contribution in [1.29, 1.82) is 0 Å². The summed E-state index contributed by atoms with van der Waals surface area (Å²) in [6.07, 6.45) is 0. The molecule has 132 valence electrons. The summed E-state index contributed by atoms with van der Waals surface area (Å²) in [6.45, 7) is 0.314. The minimum absolute atomic E-state index is 0.314. The van der Waals surface area contributed by atoms with Crippen molar-refractivity contribution in [3.63, 3.8) is 0 Å². The van der Waals surface area contributed by atoms with E-state index in [1.807, 2.05) is 54.6 Å². The highest BCUT2D eigenvalue weighted by atomic mass is 32.2. The third-order valence-corrected chi connectivity index (χ3v) is 10.4. The standard InChI is InChI=1S/C20H19N2O2PS/c23-26(24)21-16-20(22-26)25(17-10-4-1-5-11-17,18-12-6-2-7-13-18)19-14-8-3-9-15-19/h1-15,20-21H,16H2. The molecule has 0 aromatic heterocycles. The van der Waals surface area contributed by atoms with Crippen molar-refractivity contribution in [2.24, 2.45) is 0 Å². The molecule has 6 heteroatoms. The van der Waals surface area contributed by atoms with E-state index in [1.54, 1.807) is 0 Å². The quantitative estimate of drug-likeness (QED) is 0.705. The normalized spacial score (nSPS) is 19.3. The summed E-state index contributed by atoms with van der Waals surface area (Å²) in [5.41, 5.74) is 0. The van der Waals surface area contributed by atoms with Gasteiger partial charge in [-0.25, -0.2) is 13.1 Å². The molecule has 26 heavy (non-hydrogen) atoms. The van der Waals surface area contributed by atoms with Crippen molar-refractivity contribution in [2.45, 2.75) is 5.78 Å². The molecule has 1 saturated heterocycles. The molecule has 0 radical (unpaired) electrons. The van der Waals surface area contributed by atoms with E-state index < -0.39 is 17.5 Å². The van der Waals surface area contributed by atoms with Crippen molar-refractivity contribution in [3.8, 4) is 0 Å². The van der Waals surface area contributed by atoms with Gasteiger partial charge < -0.3 is 4.72 Å². The van der Waals surface area contributed by atoms with Gasteiger partial charge in [0.25, 0.3) is 0 Å². The van der Waals surface area contributed by atoms with Gasteiger partial charge in [0.05, 0.1) is 7.26 Å². The Kier molecular flexibility index (Phi) is 4.63. The zero-order valence-electron chi connectivity index (χ0n) is 14.1. The van der Waals surface area contributed by atoms with E-state index in [0.29, 0.717) is 6.54 Å². The zero-order valence-corrected chi connectivity index (χ0v) is 15.8. The lowest BCUT2D eigenvalue weighted by Crippen LogP contribution is -2.39. The van der Waals surface area contributed by atoms with Crippen LogP contribution >= 0.6 is 7.26 Å². The van der Waals surface area contributed by atoms with E-state index in [1.165, 1.54) is 0 Å². The van der Waals surface area contributed by atoms with Gasteiger partial charge in [-0.05, 0) is 36.4 Å². The molecule has 0 amide bonds. The summed E-state index contributed by atoms with van der Waals surface area (Å²) < 4.78 is 31.1. The van der Waals surface area contributed by atoms with Gasteiger partial charge in [-0.2, -0.15) is 0 Å². The Balaban J connectivity index is 2.04.